The summed E-state index contributed by atoms with van der Waals surface area (Å²) in [6.45, 7) is 6.06. The Kier molecular flexibility index (Phi) is 5.95. The Morgan fingerprint density at radius 1 is 1.29 bits per heavy atom. The summed E-state index contributed by atoms with van der Waals surface area (Å²) in [7, 11) is 3.37. The Morgan fingerprint density at radius 2 is 1.82 bits per heavy atom. The minimum absolute atomic E-state index is 0.0806. The van der Waals surface area contributed by atoms with E-state index < -0.39 is 17.9 Å². The van der Waals surface area contributed by atoms with Crippen molar-refractivity contribution >= 4 is 12.0 Å². The lowest BCUT2D eigenvalue weighted by atomic mass is 9.84. The highest BCUT2D eigenvalue weighted by atomic mass is 16.4. The Hall–Kier alpha value is -1.30. The topological polar surface area (TPSA) is 81.7 Å². The predicted octanol–water partition coefficient (Wildman–Crippen LogP) is 0.899. The molecule has 0 radical (unpaired) electrons. The first-order chi connectivity index (χ1) is 7.61. The van der Waals surface area contributed by atoms with Gasteiger partial charge in [-0.05, 0) is 11.8 Å². The third kappa shape index (κ3) is 8.50. The number of amides is 2. The van der Waals surface area contributed by atoms with Gasteiger partial charge in [-0.15, -0.1) is 0 Å². The van der Waals surface area contributed by atoms with E-state index in [4.69, 9.17) is 5.11 Å². The van der Waals surface area contributed by atoms with Crippen molar-refractivity contribution in [1.82, 2.24) is 15.8 Å². The van der Waals surface area contributed by atoms with Gasteiger partial charge in [0.15, 0.2) is 0 Å². The molecule has 2 amide bonds. The molecule has 0 spiro atoms. The zero-order valence-corrected chi connectivity index (χ0v) is 11.2. The molecule has 0 fully saturated rings. The molecule has 6 nitrogen and oxygen atoms in total. The van der Waals surface area contributed by atoms with Gasteiger partial charge in [0.1, 0.15) is 0 Å². The number of rotatable bonds is 5. The molecule has 17 heavy (non-hydrogen) atoms. The molecule has 0 rings (SSSR count). The largest absolute Gasteiger partial charge is 0.481 e. The second-order valence-corrected chi connectivity index (χ2v) is 5.52. The fourth-order valence-electron chi connectivity index (χ4n) is 1.44. The Morgan fingerprint density at radius 3 is 2.18 bits per heavy atom. The first kappa shape index (κ1) is 15.7. The fourth-order valence-corrected chi connectivity index (χ4v) is 1.44. The van der Waals surface area contributed by atoms with E-state index in [1.807, 2.05) is 20.8 Å². The molecule has 0 aromatic heterocycles. The van der Waals surface area contributed by atoms with Crippen molar-refractivity contribution in [2.45, 2.75) is 27.2 Å². The lowest BCUT2D eigenvalue weighted by molar-refractivity contribution is -0.142. The molecule has 0 aliphatic carbocycles. The lowest BCUT2D eigenvalue weighted by Gasteiger charge is -2.23. The summed E-state index contributed by atoms with van der Waals surface area (Å²) in [5.74, 6) is -1.45. The number of urea groups is 1. The second kappa shape index (κ2) is 6.44. The second-order valence-electron chi connectivity index (χ2n) is 5.52. The van der Waals surface area contributed by atoms with Crippen LogP contribution in [0.15, 0.2) is 0 Å². The molecule has 0 aromatic rings. The van der Waals surface area contributed by atoms with Crippen LogP contribution in [0, 0.1) is 11.3 Å². The Balaban J connectivity index is 4.19. The van der Waals surface area contributed by atoms with Crippen LogP contribution in [0.5, 0.6) is 0 Å². The van der Waals surface area contributed by atoms with E-state index in [2.05, 4.69) is 10.7 Å². The first-order valence-corrected chi connectivity index (χ1v) is 5.56. The van der Waals surface area contributed by atoms with E-state index in [0.29, 0.717) is 6.42 Å². The minimum Gasteiger partial charge on any atom is -0.481 e. The SMILES string of the molecule is CN(C)NC(=O)NCC(CC(C)(C)C)C(=O)O. The number of aliphatic carboxylic acids is 1. The molecule has 6 heteroatoms. The molecule has 3 N–H and O–H groups in total. The zero-order chi connectivity index (χ0) is 13.6. The van der Waals surface area contributed by atoms with Gasteiger partial charge in [-0.25, -0.2) is 9.80 Å². The van der Waals surface area contributed by atoms with Crippen molar-refractivity contribution in [2.75, 3.05) is 20.6 Å². The average Bonchev–Trinajstić information content (AvgIpc) is 2.08. The molecule has 1 atom stereocenters. The van der Waals surface area contributed by atoms with Crippen molar-refractivity contribution in [2.24, 2.45) is 11.3 Å². The van der Waals surface area contributed by atoms with E-state index in [9.17, 15) is 9.59 Å². The van der Waals surface area contributed by atoms with Crippen molar-refractivity contribution in [3.05, 3.63) is 0 Å². The zero-order valence-electron chi connectivity index (χ0n) is 11.2. The van der Waals surface area contributed by atoms with Gasteiger partial charge in [0.25, 0.3) is 0 Å². The standard InChI is InChI=1S/C11H23N3O3/c1-11(2,3)6-8(9(15)16)7-12-10(17)13-14(4)5/h8H,6-7H2,1-5H3,(H,15,16)(H2,12,13,17). The van der Waals surface area contributed by atoms with E-state index in [-0.39, 0.29) is 12.0 Å². The van der Waals surface area contributed by atoms with Gasteiger partial charge < -0.3 is 10.4 Å². The van der Waals surface area contributed by atoms with Crippen LogP contribution in [0.25, 0.3) is 0 Å². The Labute approximate surface area is 102 Å². The monoisotopic (exact) mass is 245 g/mol. The van der Waals surface area contributed by atoms with Gasteiger partial charge >= 0.3 is 12.0 Å². The van der Waals surface area contributed by atoms with Crippen LogP contribution < -0.4 is 10.7 Å². The summed E-state index contributed by atoms with van der Waals surface area (Å²) in [5.41, 5.74) is 2.41. The number of carboxylic acid groups (broad SMARTS) is 1. The minimum atomic E-state index is -0.884. The maximum absolute atomic E-state index is 11.3. The smallest absolute Gasteiger partial charge is 0.329 e. The highest BCUT2D eigenvalue weighted by Crippen LogP contribution is 2.24. The summed E-state index contributed by atoms with van der Waals surface area (Å²) < 4.78 is 0. The third-order valence-corrected chi connectivity index (χ3v) is 2.04. The van der Waals surface area contributed by atoms with Crippen LogP contribution in [0.3, 0.4) is 0 Å². The maximum Gasteiger partial charge on any atom is 0.329 e. The summed E-state index contributed by atoms with van der Waals surface area (Å²) in [4.78, 5) is 22.3. The molecule has 0 heterocycles. The van der Waals surface area contributed by atoms with Crippen LogP contribution >= 0.6 is 0 Å². The van der Waals surface area contributed by atoms with E-state index in [0.717, 1.165) is 0 Å². The van der Waals surface area contributed by atoms with Gasteiger partial charge in [0.2, 0.25) is 0 Å². The summed E-state index contributed by atoms with van der Waals surface area (Å²) in [5, 5.41) is 13.1. The van der Waals surface area contributed by atoms with Crippen LogP contribution in [-0.4, -0.2) is 42.8 Å². The predicted molar refractivity (Wildman–Crippen MR) is 65.4 cm³/mol. The number of hydrogen-bond acceptors (Lipinski definition) is 3. The molecule has 0 bridgehead atoms. The molecule has 0 aromatic carbocycles. The highest BCUT2D eigenvalue weighted by molar-refractivity contribution is 5.75. The molecular weight excluding hydrogens is 222 g/mol. The van der Waals surface area contributed by atoms with Crippen LogP contribution in [0.4, 0.5) is 4.79 Å². The molecule has 0 saturated carbocycles. The number of carboxylic acids is 1. The number of carbonyl (C=O) groups is 2. The first-order valence-electron chi connectivity index (χ1n) is 5.56. The van der Waals surface area contributed by atoms with Crippen molar-refractivity contribution in [1.29, 1.82) is 0 Å². The van der Waals surface area contributed by atoms with Crippen LogP contribution in [-0.2, 0) is 4.79 Å². The highest BCUT2D eigenvalue weighted by Gasteiger charge is 2.24. The van der Waals surface area contributed by atoms with E-state index >= 15 is 0 Å². The number of carbonyl (C=O) groups excluding carboxylic acids is 1. The summed E-state index contributed by atoms with van der Waals surface area (Å²) in [6, 6.07) is -0.393. The van der Waals surface area contributed by atoms with Crippen molar-refractivity contribution in [3.63, 3.8) is 0 Å². The number of nitrogens with one attached hydrogen (secondary N) is 2. The molecule has 0 saturated heterocycles. The molecular formula is C11H23N3O3. The van der Waals surface area contributed by atoms with Gasteiger partial charge in [0, 0.05) is 20.6 Å². The molecule has 0 aliphatic heterocycles. The average molecular weight is 245 g/mol. The number of nitrogens with zero attached hydrogens (tertiary/aromatic N) is 1. The van der Waals surface area contributed by atoms with Crippen molar-refractivity contribution < 1.29 is 14.7 Å². The van der Waals surface area contributed by atoms with Gasteiger partial charge in [-0.1, -0.05) is 20.8 Å². The van der Waals surface area contributed by atoms with Gasteiger partial charge in [-0.2, -0.15) is 0 Å². The number of hydrazine groups is 1. The third-order valence-electron chi connectivity index (χ3n) is 2.04. The fraction of sp³-hybridized carbons (Fsp3) is 0.818. The summed E-state index contributed by atoms with van der Waals surface area (Å²) in [6.07, 6.45) is 0.518. The van der Waals surface area contributed by atoms with E-state index in [1.54, 1.807) is 14.1 Å². The summed E-state index contributed by atoms with van der Waals surface area (Å²) >= 11 is 0. The number of hydrogen-bond donors (Lipinski definition) is 3. The van der Waals surface area contributed by atoms with E-state index in [1.165, 1.54) is 5.01 Å². The van der Waals surface area contributed by atoms with Crippen LogP contribution in [0.1, 0.15) is 27.2 Å². The van der Waals surface area contributed by atoms with Gasteiger partial charge in [-0.3, -0.25) is 10.2 Å². The Bertz CT molecular complexity index is 272. The van der Waals surface area contributed by atoms with Crippen LogP contribution in [0.2, 0.25) is 0 Å². The van der Waals surface area contributed by atoms with Gasteiger partial charge in [0.05, 0.1) is 5.92 Å². The van der Waals surface area contributed by atoms with Crippen molar-refractivity contribution in [3.8, 4) is 0 Å². The quantitative estimate of drug-likeness (QED) is 0.628. The lowest BCUT2D eigenvalue weighted by Crippen LogP contribution is -2.45. The molecule has 1 unspecified atom stereocenters. The normalized spacial score (nSPS) is 13.3. The molecule has 100 valence electrons. The molecule has 0 aliphatic rings. The maximum atomic E-state index is 11.3.